The molecule has 1 saturated carbocycles. The van der Waals surface area contributed by atoms with Gasteiger partial charge >= 0.3 is 6.03 Å². The van der Waals surface area contributed by atoms with Crippen molar-refractivity contribution < 1.29 is 14.4 Å². The van der Waals surface area contributed by atoms with Gasteiger partial charge in [0.2, 0.25) is 5.91 Å². The Hall–Kier alpha value is -2.37. The zero-order valence-electron chi connectivity index (χ0n) is 14.6. The minimum atomic E-state index is -0.696. The molecule has 6 heteroatoms. The molecule has 0 unspecified atom stereocenters. The minimum Gasteiger partial charge on any atom is -0.356 e. The van der Waals surface area contributed by atoms with Gasteiger partial charge in [0.25, 0.3) is 5.91 Å². The van der Waals surface area contributed by atoms with Crippen LogP contribution in [0.1, 0.15) is 43.2 Å². The molecule has 2 aliphatic rings. The highest BCUT2D eigenvalue weighted by Crippen LogP contribution is 2.34. The van der Waals surface area contributed by atoms with Crippen LogP contribution in [-0.2, 0) is 16.0 Å². The van der Waals surface area contributed by atoms with Gasteiger partial charge in [-0.15, -0.1) is 0 Å². The predicted octanol–water partition coefficient (Wildman–Crippen LogP) is 1.91. The minimum absolute atomic E-state index is 0.137. The van der Waals surface area contributed by atoms with Gasteiger partial charge in [-0.1, -0.05) is 37.1 Å². The van der Waals surface area contributed by atoms with E-state index in [1.807, 2.05) is 25.1 Å². The number of rotatable bonds is 6. The van der Waals surface area contributed by atoms with Crippen LogP contribution in [0, 0.1) is 6.92 Å². The number of carbonyl (C=O) groups excluding carboxylic acids is 3. The molecular weight excluding hydrogens is 318 g/mol. The molecule has 6 nitrogen and oxygen atoms in total. The lowest BCUT2D eigenvalue weighted by molar-refractivity contribution is -0.131. The summed E-state index contributed by atoms with van der Waals surface area (Å²) in [6.07, 6.45) is 4.24. The number of nitrogens with one attached hydrogen (secondary N) is 2. The Morgan fingerprint density at radius 1 is 1.24 bits per heavy atom. The second-order valence-electron chi connectivity index (χ2n) is 6.95. The van der Waals surface area contributed by atoms with E-state index in [-0.39, 0.29) is 30.8 Å². The van der Waals surface area contributed by atoms with E-state index < -0.39 is 5.54 Å². The first-order valence-corrected chi connectivity index (χ1v) is 8.97. The van der Waals surface area contributed by atoms with E-state index in [0.29, 0.717) is 19.4 Å². The Labute approximate surface area is 148 Å². The molecule has 1 aromatic rings. The van der Waals surface area contributed by atoms with Gasteiger partial charge in [0.15, 0.2) is 0 Å². The molecule has 2 N–H and O–H groups in total. The first kappa shape index (κ1) is 17.5. The van der Waals surface area contributed by atoms with Crippen molar-refractivity contribution in [3.05, 3.63) is 35.4 Å². The SMILES string of the molecule is Cc1ccccc1CCNC(=O)CCN1C(=O)NC2(CCCC2)C1=O. The number of aryl methyl sites for hydroxylation is 1. The molecular formula is C19H25N3O3. The van der Waals surface area contributed by atoms with Crippen molar-refractivity contribution in [1.82, 2.24) is 15.5 Å². The van der Waals surface area contributed by atoms with Crippen LogP contribution in [0.3, 0.4) is 0 Å². The van der Waals surface area contributed by atoms with Gasteiger partial charge in [0, 0.05) is 19.5 Å². The lowest BCUT2D eigenvalue weighted by Crippen LogP contribution is -2.44. The van der Waals surface area contributed by atoms with Crippen molar-refractivity contribution in [3.8, 4) is 0 Å². The summed E-state index contributed by atoms with van der Waals surface area (Å²) in [7, 11) is 0. The summed E-state index contributed by atoms with van der Waals surface area (Å²) in [4.78, 5) is 37.8. The third-order valence-electron chi connectivity index (χ3n) is 5.24. The highest BCUT2D eigenvalue weighted by atomic mass is 16.2. The average Bonchev–Trinajstić information content (AvgIpc) is 3.14. The molecule has 0 aromatic heterocycles. The summed E-state index contributed by atoms with van der Waals surface area (Å²) in [5.74, 6) is -0.302. The van der Waals surface area contributed by atoms with Crippen molar-refractivity contribution in [2.24, 2.45) is 0 Å². The number of imide groups is 1. The highest BCUT2D eigenvalue weighted by Gasteiger charge is 2.52. The fraction of sp³-hybridized carbons (Fsp3) is 0.526. The molecule has 1 heterocycles. The van der Waals surface area contributed by atoms with Crippen LogP contribution < -0.4 is 10.6 Å². The molecule has 1 aromatic carbocycles. The van der Waals surface area contributed by atoms with Gasteiger partial charge < -0.3 is 10.6 Å². The van der Waals surface area contributed by atoms with Gasteiger partial charge in [-0.25, -0.2) is 4.79 Å². The first-order chi connectivity index (χ1) is 12.0. The maximum absolute atomic E-state index is 12.5. The molecule has 134 valence electrons. The van der Waals surface area contributed by atoms with Gasteiger partial charge in [0.05, 0.1) is 0 Å². The molecule has 1 aliphatic heterocycles. The smallest absolute Gasteiger partial charge is 0.325 e. The van der Waals surface area contributed by atoms with E-state index in [9.17, 15) is 14.4 Å². The molecule has 1 spiro atoms. The number of nitrogens with zero attached hydrogens (tertiary/aromatic N) is 1. The number of carbonyl (C=O) groups is 3. The van der Waals surface area contributed by atoms with Crippen molar-refractivity contribution in [3.63, 3.8) is 0 Å². The van der Waals surface area contributed by atoms with E-state index in [0.717, 1.165) is 19.3 Å². The standard InChI is InChI=1S/C19H25N3O3/c1-14-6-2-3-7-15(14)8-12-20-16(23)9-13-22-17(24)19(21-18(22)25)10-4-5-11-19/h2-3,6-7H,4-5,8-13H2,1H3,(H,20,23)(H,21,25). The Morgan fingerprint density at radius 2 is 1.96 bits per heavy atom. The summed E-state index contributed by atoms with van der Waals surface area (Å²) in [5, 5.41) is 5.69. The maximum Gasteiger partial charge on any atom is 0.325 e. The second kappa shape index (κ2) is 7.25. The Balaban J connectivity index is 1.44. The Bertz CT molecular complexity index is 680. The molecule has 0 atom stereocenters. The zero-order chi connectivity index (χ0) is 17.9. The quantitative estimate of drug-likeness (QED) is 0.775. The zero-order valence-corrected chi connectivity index (χ0v) is 14.6. The first-order valence-electron chi connectivity index (χ1n) is 8.97. The molecule has 4 amide bonds. The molecule has 1 saturated heterocycles. The lowest BCUT2D eigenvalue weighted by atomic mass is 9.98. The molecule has 0 radical (unpaired) electrons. The Kier molecular flexibility index (Phi) is 5.06. The molecule has 1 aliphatic carbocycles. The summed E-state index contributed by atoms with van der Waals surface area (Å²) in [5.41, 5.74) is 1.72. The molecule has 25 heavy (non-hydrogen) atoms. The van der Waals surface area contributed by atoms with Crippen LogP contribution in [0.15, 0.2) is 24.3 Å². The van der Waals surface area contributed by atoms with Crippen LogP contribution in [0.4, 0.5) is 4.79 Å². The van der Waals surface area contributed by atoms with E-state index in [4.69, 9.17) is 0 Å². The highest BCUT2D eigenvalue weighted by molar-refractivity contribution is 6.07. The van der Waals surface area contributed by atoms with Crippen molar-refractivity contribution >= 4 is 17.8 Å². The number of benzene rings is 1. The third-order valence-corrected chi connectivity index (χ3v) is 5.24. The van der Waals surface area contributed by atoms with Crippen LogP contribution in [-0.4, -0.2) is 41.4 Å². The number of urea groups is 1. The second-order valence-corrected chi connectivity index (χ2v) is 6.95. The maximum atomic E-state index is 12.5. The fourth-order valence-electron chi connectivity index (χ4n) is 3.73. The normalized spacial score (nSPS) is 18.7. The van der Waals surface area contributed by atoms with Crippen LogP contribution in [0.5, 0.6) is 0 Å². The van der Waals surface area contributed by atoms with E-state index in [2.05, 4.69) is 16.7 Å². The molecule has 0 bridgehead atoms. The van der Waals surface area contributed by atoms with E-state index in [1.165, 1.54) is 16.0 Å². The number of hydrogen-bond donors (Lipinski definition) is 2. The van der Waals surface area contributed by atoms with Gasteiger partial charge in [-0.05, 0) is 37.3 Å². The van der Waals surface area contributed by atoms with Gasteiger partial charge in [0.1, 0.15) is 5.54 Å². The van der Waals surface area contributed by atoms with E-state index >= 15 is 0 Å². The lowest BCUT2D eigenvalue weighted by Gasteiger charge is -2.19. The average molecular weight is 343 g/mol. The topological polar surface area (TPSA) is 78.5 Å². The fourth-order valence-corrected chi connectivity index (χ4v) is 3.73. The van der Waals surface area contributed by atoms with Gasteiger partial charge in [-0.3, -0.25) is 14.5 Å². The van der Waals surface area contributed by atoms with Crippen molar-refractivity contribution in [2.75, 3.05) is 13.1 Å². The monoisotopic (exact) mass is 343 g/mol. The largest absolute Gasteiger partial charge is 0.356 e. The van der Waals surface area contributed by atoms with Crippen LogP contribution >= 0.6 is 0 Å². The molecule has 2 fully saturated rings. The number of hydrogen-bond acceptors (Lipinski definition) is 3. The van der Waals surface area contributed by atoms with Gasteiger partial charge in [-0.2, -0.15) is 0 Å². The van der Waals surface area contributed by atoms with Crippen LogP contribution in [0.25, 0.3) is 0 Å². The van der Waals surface area contributed by atoms with Crippen molar-refractivity contribution in [1.29, 1.82) is 0 Å². The van der Waals surface area contributed by atoms with E-state index in [1.54, 1.807) is 0 Å². The number of amides is 4. The Morgan fingerprint density at radius 3 is 2.68 bits per heavy atom. The van der Waals surface area contributed by atoms with Crippen molar-refractivity contribution in [2.45, 2.75) is 51.0 Å². The third kappa shape index (κ3) is 3.67. The summed E-state index contributed by atoms with van der Waals surface area (Å²) < 4.78 is 0. The van der Waals surface area contributed by atoms with Crippen LogP contribution in [0.2, 0.25) is 0 Å². The summed E-state index contributed by atoms with van der Waals surface area (Å²) in [6, 6.07) is 7.72. The summed E-state index contributed by atoms with van der Waals surface area (Å²) in [6.45, 7) is 2.74. The summed E-state index contributed by atoms with van der Waals surface area (Å²) >= 11 is 0. The predicted molar refractivity (Wildman–Crippen MR) is 94.0 cm³/mol. The molecule has 3 rings (SSSR count).